The molecule has 0 aliphatic heterocycles. The molecule has 1 N–H and O–H groups in total. The van der Waals surface area contributed by atoms with Gasteiger partial charge in [-0.15, -0.1) is 0 Å². The second-order valence-corrected chi connectivity index (χ2v) is 1.61. The Morgan fingerprint density at radius 1 is 1.78 bits per heavy atom. The van der Waals surface area contributed by atoms with Crippen LogP contribution in [0.5, 0.6) is 5.75 Å². The Kier molecular flexibility index (Phi) is 1.75. The van der Waals surface area contributed by atoms with E-state index >= 15 is 0 Å². The van der Waals surface area contributed by atoms with Crippen LogP contribution >= 0.6 is 0 Å². The zero-order valence-electron chi connectivity index (χ0n) is 5.13. The summed E-state index contributed by atoms with van der Waals surface area (Å²) in [5, 5.41) is 8.50. The van der Waals surface area contributed by atoms with Crippen molar-refractivity contribution in [3.05, 3.63) is 18.1 Å². The summed E-state index contributed by atoms with van der Waals surface area (Å²) in [5.41, 5.74) is 0. The Morgan fingerprint density at radius 3 is 2.89 bits per heavy atom. The Morgan fingerprint density at radius 2 is 2.56 bits per heavy atom. The first-order valence-electron chi connectivity index (χ1n) is 2.59. The third-order valence-electron chi connectivity index (χ3n) is 1.02. The molecule has 0 unspecified atom stereocenters. The van der Waals surface area contributed by atoms with Crippen LogP contribution in [-0.2, 0) is 6.61 Å². The second-order valence-electron chi connectivity index (χ2n) is 1.61. The molecule has 0 radical (unpaired) electrons. The zero-order chi connectivity index (χ0) is 6.69. The normalized spacial score (nSPS) is 9.56. The number of furan rings is 1. The Labute approximate surface area is 52.9 Å². The van der Waals surface area contributed by atoms with Gasteiger partial charge in [0, 0.05) is 6.07 Å². The quantitative estimate of drug-likeness (QED) is 0.640. The maximum atomic E-state index is 8.50. The highest BCUT2D eigenvalue weighted by atomic mass is 16.5. The molecule has 0 bridgehead atoms. The van der Waals surface area contributed by atoms with Crippen LogP contribution in [0.2, 0.25) is 0 Å². The predicted octanol–water partition coefficient (Wildman–Crippen LogP) is 0.780. The van der Waals surface area contributed by atoms with E-state index < -0.39 is 0 Å². The molecular weight excluding hydrogens is 120 g/mol. The molecule has 0 aromatic carbocycles. The number of hydrogen-bond donors (Lipinski definition) is 1. The van der Waals surface area contributed by atoms with E-state index in [0.29, 0.717) is 11.5 Å². The Hall–Kier alpha value is -0.960. The second kappa shape index (κ2) is 2.55. The average molecular weight is 128 g/mol. The topological polar surface area (TPSA) is 42.6 Å². The first kappa shape index (κ1) is 6.16. The fourth-order valence-electron chi connectivity index (χ4n) is 0.550. The minimum Gasteiger partial charge on any atom is -0.493 e. The summed E-state index contributed by atoms with van der Waals surface area (Å²) in [4.78, 5) is 0. The van der Waals surface area contributed by atoms with Crippen LogP contribution < -0.4 is 4.74 Å². The molecule has 0 amide bonds. The van der Waals surface area contributed by atoms with Crippen LogP contribution in [0, 0.1) is 0 Å². The van der Waals surface area contributed by atoms with E-state index in [2.05, 4.69) is 0 Å². The minimum atomic E-state index is -0.0800. The van der Waals surface area contributed by atoms with Gasteiger partial charge in [0.1, 0.15) is 18.6 Å². The lowest BCUT2D eigenvalue weighted by Gasteiger charge is -1.86. The van der Waals surface area contributed by atoms with Gasteiger partial charge in [0.15, 0.2) is 5.75 Å². The molecule has 50 valence electrons. The average Bonchev–Trinajstić information content (AvgIpc) is 2.34. The van der Waals surface area contributed by atoms with Crippen molar-refractivity contribution in [1.82, 2.24) is 0 Å². The number of hydrogen-bond acceptors (Lipinski definition) is 3. The summed E-state index contributed by atoms with van der Waals surface area (Å²) in [5.74, 6) is 1.16. The molecule has 1 rings (SSSR count). The summed E-state index contributed by atoms with van der Waals surface area (Å²) in [6.07, 6.45) is 1.45. The van der Waals surface area contributed by atoms with E-state index in [1.807, 2.05) is 0 Å². The smallest absolute Gasteiger partial charge is 0.157 e. The summed E-state index contributed by atoms with van der Waals surface area (Å²) in [6.45, 7) is -0.0800. The fraction of sp³-hybridized carbons (Fsp3) is 0.333. The molecule has 1 heterocycles. The lowest BCUT2D eigenvalue weighted by molar-refractivity contribution is 0.247. The lowest BCUT2D eigenvalue weighted by atomic mass is 10.5. The van der Waals surface area contributed by atoms with E-state index in [9.17, 15) is 0 Å². The number of aliphatic hydroxyl groups is 1. The Balaban J connectivity index is 2.74. The molecule has 0 saturated heterocycles. The zero-order valence-corrected chi connectivity index (χ0v) is 5.13. The van der Waals surface area contributed by atoms with E-state index in [4.69, 9.17) is 14.3 Å². The van der Waals surface area contributed by atoms with Crippen LogP contribution in [0.4, 0.5) is 0 Å². The molecule has 0 saturated carbocycles. The van der Waals surface area contributed by atoms with Crippen molar-refractivity contribution in [2.75, 3.05) is 7.11 Å². The summed E-state index contributed by atoms with van der Waals surface area (Å²) in [6, 6.07) is 1.64. The van der Waals surface area contributed by atoms with Gasteiger partial charge in [-0.25, -0.2) is 0 Å². The Bertz CT molecular complexity index is 162. The third kappa shape index (κ3) is 1.23. The van der Waals surface area contributed by atoms with Crippen LogP contribution in [-0.4, -0.2) is 12.2 Å². The molecule has 0 aliphatic carbocycles. The van der Waals surface area contributed by atoms with Gasteiger partial charge in [0.25, 0.3) is 0 Å². The van der Waals surface area contributed by atoms with E-state index in [1.54, 1.807) is 13.2 Å². The van der Waals surface area contributed by atoms with E-state index in [1.165, 1.54) is 6.26 Å². The van der Waals surface area contributed by atoms with Crippen molar-refractivity contribution in [2.24, 2.45) is 0 Å². The monoisotopic (exact) mass is 128 g/mol. The van der Waals surface area contributed by atoms with Gasteiger partial charge in [0.2, 0.25) is 0 Å². The van der Waals surface area contributed by atoms with Gasteiger partial charge in [-0.3, -0.25) is 0 Å². The first-order valence-corrected chi connectivity index (χ1v) is 2.59. The molecule has 0 atom stereocenters. The molecule has 0 spiro atoms. The maximum Gasteiger partial charge on any atom is 0.157 e. The summed E-state index contributed by atoms with van der Waals surface area (Å²) >= 11 is 0. The highest BCUT2D eigenvalue weighted by Crippen LogP contribution is 2.14. The van der Waals surface area contributed by atoms with Gasteiger partial charge in [-0.1, -0.05) is 0 Å². The van der Waals surface area contributed by atoms with Gasteiger partial charge in [-0.2, -0.15) is 0 Å². The SMILES string of the molecule is COc1coc(CO)c1. The highest BCUT2D eigenvalue weighted by Gasteiger charge is 1.97. The molecule has 3 nitrogen and oxygen atoms in total. The van der Waals surface area contributed by atoms with Crippen molar-refractivity contribution >= 4 is 0 Å². The molecule has 9 heavy (non-hydrogen) atoms. The van der Waals surface area contributed by atoms with Crippen LogP contribution in [0.25, 0.3) is 0 Å². The van der Waals surface area contributed by atoms with E-state index in [-0.39, 0.29) is 6.61 Å². The van der Waals surface area contributed by atoms with Crippen LogP contribution in [0.1, 0.15) is 5.76 Å². The number of methoxy groups -OCH3 is 1. The maximum absolute atomic E-state index is 8.50. The molecule has 1 aromatic rings. The van der Waals surface area contributed by atoms with Gasteiger partial charge < -0.3 is 14.3 Å². The molecular formula is C6H8O3. The first-order chi connectivity index (χ1) is 4.36. The molecule has 0 fully saturated rings. The predicted molar refractivity (Wildman–Crippen MR) is 31.2 cm³/mol. The van der Waals surface area contributed by atoms with Gasteiger partial charge in [-0.05, 0) is 0 Å². The van der Waals surface area contributed by atoms with Crippen LogP contribution in [0.15, 0.2) is 16.7 Å². The number of ether oxygens (including phenoxy) is 1. The lowest BCUT2D eigenvalue weighted by Crippen LogP contribution is -1.77. The van der Waals surface area contributed by atoms with Crippen molar-refractivity contribution < 1.29 is 14.3 Å². The third-order valence-corrected chi connectivity index (χ3v) is 1.02. The standard InChI is InChI=1S/C6H8O3/c1-8-6-2-5(3-7)9-4-6/h2,4,7H,3H2,1H3. The molecule has 1 aromatic heterocycles. The molecule has 3 heteroatoms. The van der Waals surface area contributed by atoms with E-state index in [0.717, 1.165) is 0 Å². The largest absolute Gasteiger partial charge is 0.493 e. The van der Waals surface area contributed by atoms with Gasteiger partial charge in [0.05, 0.1) is 7.11 Å². The van der Waals surface area contributed by atoms with Crippen molar-refractivity contribution in [2.45, 2.75) is 6.61 Å². The fourth-order valence-corrected chi connectivity index (χ4v) is 0.550. The number of rotatable bonds is 2. The van der Waals surface area contributed by atoms with Crippen molar-refractivity contribution in [3.63, 3.8) is 0 Å². The van der Waals surface area contributed by atoms with Crippen molar-refractivity contribution in [3.8, 4) is 5.75 Å². The molecule has 0 aliphatic rings. The number of aliphatic hydroxyl groups excluding tert-OH is 1. The van der Waals surface area contributed by atoms with Crippen molar-refractivity contribution in [1.29, 1.82) is 0 Å². The van der Waals surface area contributed by atoms with Gasteiger partial charge >= 0.3 is 0 Å². The summed E-state index contributed by atoms with van der Waals surface area (Å²) < 4.78 is 9.62. The summed E-state index contributed by atoms with van der Waals surface area (Å²) in [7, 11) is 1.55. The van der Waals surface area contributed by atoms with Crippen LogP contribution in [0.3, 0.4) is 0 Å². The highest BCUT2D eigenvalue weighted by molar-refractivity contribution is 5.18. The minimum absolute atomic E-state index is 0.0800.